The van der Waals surface area contributed by atoms with Crippen LogP contribution in [0, 0.1) is 0 Å². The zero-order chi connectivity index (χ0) is 16.1. The van der Waals surface area contributed by atoms with Gasteiger partial charge in [0.1, 0.15) is 5.69 Å². The van der Waals surface area contributed by atoms with Crippen LogP contribution in [0.5, 0.6) is 0 Å². The lowest BCUT2D eigenvalue weighted by Crippen LogP contribution is -2.20. The first-order chi connectivity index (χ1) is 11.2. The molecule has 2 aromatic heterocycles. The van der Waals surface area contributed by atoms with Crippen LogP contribution in [0.2, 0.25) is 0 Å². The number of aromatic nitrogens is 3. The summed E-state index contributed by atoms with van der Waals surface area (Å²) < 4.78 is 1.92. The van der Waals surface area contributed by atoms with Gasteiger partial charge in [0.15, 0.2) is 0 Å². The lowest BCUT2D eigenvalue weighted by molar-refractivity contribution is 0.0950. The minimum absolute atomic E-state index is 0.333. The van der Waals surface area contributed by atoms with Crippen molar-refractivity contribution in [1.82, 2.24) is 20.0 Å². The van der Waals surface area contributed by atoms with Crippen LogP contribution in [0.4, 0.5) is 0 Å². The van der Waals surface area contributed by atoms with Crippen molar-refractivity contribution in [2.45, 2.75) is 6.92 Å². The highest BCUT2D eigenvalue weighted by Crippen LogP contribution is 2.10. The molecule has 6 heteroatoms. The number of rotatable bonds is 4. The van der Waals surface area contributed by atoms with Gasteiger partial charge in [-0.05, 0) is 36.8 Å². The van der Waals surface area contributed by atoms with Gasteiger partial charge in [-0.2, -0.15) is 5.10 Å². The Hall–Kier alpha value is -3.28. The van der Waals surface area contributed by atoms with E-state index in [9.17, 15) is 4.79 Å². The summed E-state index contributed by atoms with van der Waals surface area (Å²) in [4.78, 5) is 19.9. The second-order valence-corrected chi connectivity index (χ2v) is 4.87. The molecule has 3 rings (SSSR count). The van der Waals surface area contributed by atoms with Crippen LogP contribution in [0.1, 0.15) is 23.0 Å². The van der Waals surface area contributed by atoms with E-state index in [1.54, 1.807) is 36.9 Å². The van der Waals surface area contributed by atoms with Crippen LogP contribution in [0.25, 0.3) is 5.69 Å². The van der Waals surface area contributed by atoms with E-state index in [1.165, 1.54) is 0 Å². The molecule has 0 fully saturated rings. The zero-order valence-corrected chi connectivity index (χ0v) is 12.5. The highest BCUT2D eigenvalue weighted by Gasteiger charge is 2.05. The van der Waals surface area contributed by atoms with E-state index in [0.717, 1.165) is 11.3 Å². The Labute approximate surface area is 133 Å². The predicted octanol–water partition coefficient (Wildman–Crippen LogP) is 2.42. The highest BCUT2D eigenvalue weighted by atomic mass is 16.2. The summed E-state index contributed by atoms with van der Waals surface area (Å²) in [5.74, 6) is -0.333. The number of imidazole rings is 1. The van der Waals surface area contributed by atoms with Gasteiger partial charge < -0.3 is 4.57 Å². The monoisotopic (exact) mass is 305 g/mol. The van der Waals surface area contributed by atoms with Crippen LogP contribution in [0.15, 0.2) is 72.5 Å². The molecule has 23 heavy (non-hydrogen) atoms. The number of hydrogen-bond donors (Lipinski definition) is 1. The summed E-state index contributed by atoms with van der Waals surface area (Å²) >= 11 is 0. The van der Waals surface area contributed by atoms with Crippen LogP contribution in [0.3, 0.4) is 0 Å². The Morgan fingerprint density at radius 1 is 1.13 bits per heavy atom. The first-order valence-electron chi connectivity index (χ1n) is 7.08. The van der Waals surface area contributed by atoms with Crippen molar-refractivity contribution in [2.75, 3.05) is 0 Å². The van der Waals surface area contributed by atoms with Gasteiger partial charge in [-0.25, -0.2) is 10.4 Å². The summed E-state index contributed by atoms with van der Waals surface area (Å²) in [5, 5.41) is 4.12. The fraction of sp³-hybridized carbons (Fsp3) is 0.0588. The second kappa shape index (κ2) is 6.65. The molecule has 0 aliphatic rings. The molecular formula is C17H15N5O. The van der Waals surface area contributed by atoms with E-state index < -0.39 is 0 Å². The van der Waals surface area contributed by atoms with Crippen LogP contribution in [-0.2, 0) is 0 Å². The second-order valence-electron chi connectivity index (χ2n) is 4.87. The minimum Gasteiger partial charge on any atom is -0.306 e. The van der Waals surface area contributed by atoms with Crippen LogP contribution >= 0.6 is 0 Å². The number of amides is 1. The van der Waals surface area contributed by atoms with Crippen molar-refractivity contribution in [3.05, 3.63) is 78.6 Å². The molecular weight excluding hydrogens is 290 g/mol. The largest absolute Gasteiger partial charge is 0.306 e. The van der Waals surface area contributed by atoms with E-state index in [2.05, 4.69) is 20.5 Å². The maximum atomic E-state index is 11.9. The molecule has 0 unspecified atom stereocenters. The van der Waals surface area contributed by atoms with Crippen molar-refractivity contribution in [3.8, 4) is 5.69 Å². The number of nitrogens with one attached hydrogen (secondary N) is 1. The molecule has 114 valence electrons. The number of hydrogen-bond acceptors (Lipinski definition) is 4. The van der Waals surface area contributed by atoms with Crippen molar-refractivity contribution >= 4 is 11.6 Å². The lowest BCUT2D eigenvalue weighted by Gasteiger charge is -2.05. The standard InChI is InChI=1S/C17H15N5O/c1-13(20-21-17(23)16-4-2-3-9-19-16)14-5-7-15(8-6-14)22-11-10-18-12-22/h2-12H,1H3,(H,21,23). The van der Waals surface area contributed by atoms with Gasteiger partial charge in [-0.15, -0.1) is 0 Å². The molecule has 6 nitrogen and oxygen atoms in total. The van der Waals surface area contributed by atoms with E-state index in [1.807, 2.05) is 42.0 Å². The summed E-state index contributed by atoms with van der Waals surface area (Å²) in [5.41, 5.74) is 5.49. The molecule has 0 spiro atoms. The summed E-state index contributed by atoms with van der Waals surface area (Å²) in [6, 6.07) is 13.0. The molecule has 0 radical (unpaired) electrons. The predicted molar refractivity (Wildman–Crippen MR) is 87.5 cm³/mol. The third-order valence-corrected chi connectivity index (χ3v) is 3.31. The van der Waals surface area contributed by atoms with E-state index >= 15 is 0 Å². The Morgan fingerprint density at radius 3 is 2.61 bits per heavy atom. The molecule has 1 aromatic carbocycles. The summed E-state index contributed by atoms with van der Waals surface area (Å²) in [7, 11) is 0. The fourth-order valence-electron chi connectivity index (χ4n) is 2.04. The molecule has 2 heterocycles. The average molecular weight is 305 g/mol. The summed E-state index contributed by atoms with van der Waals surface area (Å²) in [6.07, 6.45) is 6.92. The third kappa shape index (κ3) is 3.49. The molecule has 0 atom stereocenters. The maximum Gasteiger partial charge on any atom is 0.289 e. The number of carbonyl (C=O) groups is 1. The van der Waals surface area contributed by atoms with Gasteiger partial charge in [0, 0.05) is 24.3 Å². The normalized spacial score (nSPS) is 11.3. The molecule has 0 aliphatic heterocycles. The van der Waals surface area contributed by atoms with Crippen molar-refractivity contribution in [1.29, 1.82) is 0 Å². The average Bonchev–Trinajstić information content (AvgIpc) is 3.15. The highest BCUT2D eigenvalue weighted by molar-refractivity contribution is 6.00. The van der Waals surface area contributed by atoms with Gasteiger partial charge in [-0.1, -0.05) is 18.2 Å². The Balaban J connectivity index is 1.70. The Morgan fingerprint density at radius 2 is 1.96 bits per heavy atom. The summed E-state index contributed by atoms with van der Waals surface area (Å²) in [6.45, 7) is 1.84. The van der Waals surface area contributed by atoms with Crippen molar-refractivity contribution in [3.63, 3.8) is 0 Å². The van der Waals surface area contributed by atoms with E-state index in [0.29, 0.717) is 11.4 Å². The zero-order valence-electron chi connectivity index (χ0n) is 12.5. The first kappa shape index (κ1) is 14.6. The van der Waals surface area contributed by atoms with Gasteiger partial charge in [0.25, 0.3) is 5.91 Å². The van der Waals surface area contributed by atoms with Crippen LogP contribution < -0.4 is 5.43 Å². The van der Waals surface area contributed by atoms with E-state index in [-0.39, 0.29) is 5.91 Å². The Kier molecular flexibility index (Phi) is 4.24. The molecule has 3 aromatic rings. The SMILES string of the molecule is CC(=NNC(=O)c1ccccn1)c1ccc(-n2ccnc2)cc1. The smallest absolute Gasteiger partial charge is 0.289 e. The van der Waals surface area contributed by atoms with E-state index in [4.69, 9.17) is 0 Å². The number of nitrogens with zero attached hydrogens (tertiary/aromatic N) is 4. The molecule has 0 saturated carbocycles. The van der Waals surface area contributed by atoms with Gasteiger partial charge in [0.2, 0.25) is 0 Å². The van der Waals surface area contributed by atoms with Crippen LogP contribution in [-0.4, -0.2) is 26.2 Å². The van der Waals surface area contributed by atoms with Crippen molar-refractivity contribution < 1.29 is 4.79 Å². The fourth-order valence-corrected chi connectivity index (χ4v) is 2.04. The molecule has 1 amide bonds. The van der Waals surface area contributed by atoms with Gasteiger partial charge in [-0.3, -0.25) is 9.78 Å². The molecule has 1 N–H and O–H groups in total. The molecule has 0 bridgehead atoms. The maximum absolute atomic E-state index is 11.9. The minimum atomic E-state index is -0.333. The quantitative estimate of drug-likeness (QED) is 0.594. The van der Waals surface area contributed by atoms with Gasteiger partial charge >= 0.3 is 0 Å². The number of pyridine rings is 1. The third-order valence-electron chi connectivity index (χ3n) is 3.31. The van der Waals surface area contributed by atoms with Gasteiger partial charge in [0.05, 0.1) is 12.0 Å². The van der Waals surface area contributed by atoms with Crippen molar-refractivity contribution in [2.24, 2.45) is 5.10 Å². The first-order valence-corrected chi connectivity index (χ1v) is 7.08. The lowest BCUT2D eigenvalue weighted by atomic mass is 10.1. The topological polar surface area (TPSA) is 72.2 Å². The Bertz CT molecular complexity index is 808. The number of hydrazone groups is 1. The molecule has 0 aliphatic carbocycles. The molecule has 0 saturated heterocycles. The number of carbonyl (C=O) groups excluding carboxylic acids is 1. The number of benzene rings is 1.